The summed E-state index contributed by atoms with van der Waals surface area (Å²) in [4.78, 5) is 27.9. The molecule has 0 bridgehead atoms. The van der Waals surface area contributed by atoms with Crippen LogP contribution in [-0.4, -0.2) is 22.5 Å². The molecule has 1 aliphatic rings. The molecule has 3 aromatic rings. The summed E-state index contributed by atoms with van der Waals surface area (Å²) in [5, 5.41) is 3.81. The summed E-state index contributed by atoms with van der Waals surface area (Å²) in [7, 11) is 0. The fourth-order valence-corrected chi connectivity index (χ4v) is 4.74. The predicted octanol–water partition coefficient (Wildman–Crippen LogP) is 6.94. The van der Waals surface area contributed by atoms with Crippen molar-refractivity contribution in [2.24, 2.45) is 0 Å². The smallest absolute Gasteiger partial charge is 0.338 e. The lowest BCUT2D eigenvalue weighted by Crippen LogP contribution is -2.23. The van der Waals surface area contributed by atoms with E-state index in [-0.39, 0.29) is 11.9 Å². The van der Waals surface area contributed by atoms with Crippen LogP contribution >= 0.6 is 0 Å². The Kier molecular flexibility index (Phi) is 6.28. The molecule has 0 aliphatic heterocycles. The number of halogens is 1. The standard InChI is InChI=1S/C27H31FN2O3/c1-16(31)29-23-15-19(28)11-13-21(23)25-24(17-8-6-5-7-9-17)20-12-10-18(14-22(20)30-25)26(32)33-27(2,3)4/h10-15,17,30H,5-9H2,1-4H3,(H,29,31). The monoisotopic (exact) mass is 450 g/mol. The lowest BCUT2D eigenvalue weighted by Gasteiger charge is -2.23. The van der Waals surface area contributed by atoms with E-state index >= 15 is 0 Å². The molecule has 33 heavy (non-hydrogen) atoms. The molecule has 1 saturated carbocycles. The fraction of sp³-hybridized carbons (Fsp3) is 0.407. The maximum Gasteiger partial charge on any atom is 0.338 e. The quantitative estimate of drug-likeness (QED) is 0.423. The van der Waals surface area contributed by atoms with Gasteiger partial charge in [0.15, 0.2) is 0 Å². The van der Waals surface area contributed by atoms with Crippen molar-refractivity contribution in [3.05, 3.63) is 53.3 Å². The van der Waals surface area contributed by atoms with Crippen LogP contribution in [0.4, 0.5) is 10.1 Å². The van der Waals surface area contributed by atoms with Crippen molar-refractivity contribution < 1.29 is 18.7 Å². The zero-order valence-corrected chi connectivity index (χ0v) is 19.7. The normalized spacial score (nSPS) is 14.9. The van der Waals surface area contributed by atoms with Gasteiger partial charge in [-0.05, 0) is 75.4 Å². The number of ether oxygens (including phenoxy) is 1. The Hall–Kier alpha value is -3.15. The van der Waals surface area contributed by atoms with Gasteiger partial charge in [-0.2, -0.15) is 0 Å². The maximum absolute atomic E-state index is 14.0. The first-order chi connectivity index (χ1) is 15.6. The van der Waals surface area contributed by atoms with Gasteiger partial charge in [-0.15, -0.1) is 0 Å². The number of hydrogen-bond acceptors (Lipinski definition) is 3. The van der Waals surface area contributed by atoms with Crippen LogP contribution in [-0.2, 0) is 9.53 Å². The molecule has 1 heterocycles. The Morgan fingerprint density at radius 2 is 1.79 bits per heavy atom. The van der Waals surface area contributed by atoms with Gasteiger partial charge >= 0.3 is 5.97 Å². The van der Waals surface area contributed by atoms with Gasteiger partial charge < -0.3 is 15.0 Å². The second-order valence-corrected chi connectivity index (χ2v) is 9.88. The molecule has 6 heteroatoms. The third-order valence-corrected chi connectivity index (χ3v) is 6.05. The van der Waals surface area contributed by atoms with Gasteiger partial charge in [0.2, 0.25) is 5.91 Å². The van der Waals surface area contributed by atoms with E-state index in [4.69, 9.17) is 4.74 Å². The second-order valence-electron chi connectivity index (χ2n) is 9.88. The van der Waals surface area contributed by atoms with Crippen molar-refractivity contribution in [3.63, 3.8) is 0 Å². The van der Waals surface area contributed by atoms with E-state index in [0.29, 0.717) is 17.2 Å². The summed E-state index contributed by atoms with van der Waals surface area (Å²) in [5.41, 5.74) is 3.91. The highest BCUT2D eigenvalue weighted by atomic mass is 19.1. The SMILES string of the molecule is CC(=O)Nc1cc(F)ccc1-c1[nH]c2cc(C(=O)OC(C)(C)C)ccc2c1C1CCCCC1. The van der Waals surface area contributed by atoms with Crippen molar-refractivity contribution in [2.75, 3.05) is 5.32 Å². The van der Waals surface area contributed by atoms with Crippen molar-refractivity contribution in [1.29, 1.82) is 0 Å². The molecular formula is C27H31FN2O3. The molecule has 5 nitrogen and oxygen atoms in total. The van der Waals surface area contributed by atoms with Gasteiger partial charge in [-0.1, -0.05) is 25.3 Å². The van der Waals surface area contributed by atoms with Gasteiger partial charge in [-0.3, -0.25) is 4.79 Å². The second kappa shape index (κ2) is 9.00. The highest BCUT2D eigenvalue weighted by Gasteiger charge is 2.26. The summed E-state index contributed by atoms with van der Waals surface area (Å²) in [5.74, 6) is -0.694. The van der Waals surface area contributed by atoms with E-state index < -0.39 is 11.4 Å². The Morgan fingerprint density at radius 1 is 1.06 bits per heavy atom. The highest BCUT2D eigenvalue weighted by Crippen LogP contribution is 2.44. The molecule has 2 N–H and O–H groups in total. The van der Waals surface area contributed by atoms with Gasteiger partial charge in [0.1, 0.15) is 11.4 Å². The molecule has 4 rings (SSSR count). The minimum atomic E-state index is -0.582. The predicted molar refractivity (Wildman–Crippen MR) is 129 cm³/mol. The number of carbonyl (C=O) groups is 2. The number of aromatic amines is 1. The summed E-state index contributed by atoms with van der Waals surface area (Å²) in [6.45, 7) is 6.94. The van der Waals surface area contributed by atoms with Gasteiger partial charge in [0.25, 0.3) is 0 Å². The molecule has 174 valence electrons. The Morgan fingerprint density at radius 3 is 2.45 bits per heavy atom. The lowest BCUT2D eigenvalue weighted by molar-refractivity contribution is -0.114. The number of H-pyrrole nitrogens is 1. The third kappa shape index (κ3) is 5.10. The van der Waals surface area contributed by atoms with Gasteiger partial charge in [0.05, 0.1) is 16.9 Å². The number of amides is 1. The molecule has 1 fully saturated rings. The van der Waals surface area contributed by atoms with Crippen LogP contribution < -0.4 is 5.32 Å². The number of benzene rings is 2. The van der Waals surface area contributed by atoms with Crippen molar-refractivity contribution >= 4 is 28.5 Å². The molecule has 1 aromatic heterocycles. The number of aromatic nitrogens is 1. The molecule has 0 saturated heterocycles. The largest absolute Gasteiger partial charge is 0.456 e. The van der Waals surface area contributed by atoms with Crippen molar-refractivity contribution in [1.82, 2.24) is 4.98 Å². The number of fused-ring (bicyclic) bond motifs is 1. The zero-order valence-electron chi connectivity index (χ0n) is 19.7. The average Bonchev–Trinajstić information content (AvgIpc) is 3.11. The molecule has 1 aliphatic carbocycles. The van der Waals surface area contributed by atoms with E-state index in [9.17, 15) is 14.0 Å². The molecule has 0 radical (unpaired) electrons. The topological polar surface area (TPSA) is 71.2 Å². The van der Waals surface area contributed by atoms with E-state index in [0.717, 1.165) is 47.8 Å². The third-order valence-electron chi connectivity index (χ3n) is 6.05. The zero-order chi connectivity index (χ0) is 23.8. The molecule has 2 aromatic carbocycles. The lowest BCUT2D eigenvalue weighted by atomic mass is 9.81. The molecule has 0 unspecified atom stereocenters. The Labute approximate surface area is 193 Å². The Balaban J connectivity index is 1.88. The summed E-state index contributed by atoms with van der Waals surface area (Å²) in [6.07, 6.45) is 5.70. The van der Waals surface area contributed by atoms with Gasteiger partial charge in [0, 0.05) is 23.4 Å². The summed E-state index contributed by atoms with van der Waals surface area (Å²) in [6, 6.07) is 10.1. The number of rotatable bonds is 4. The molecule has 0 atom stereocenters. The van der Waals surface area contributed by atoms with Crippen LogP contribution in [0.2, 0.25) is 0 Å². The average molecular weight is 451 g/mol. The number of nitrogens with one attached hydrogen (secondary N) is 2. The minimum absolute atomic E-state index is 0.260. The first-order valence-corrected chi connectivity index (χ1v) is 11.6. The van der Waals surface area contributed by atoms with Crippen LogP contribution in [0.15, 0.2) is 36.4 Å². The fourth-order valence-electron chi connectivity index (χ4n) is 4.74. The number of hydrogen-bond donors (Lipinski definition) is 2. The number of anilines is 1. The van der Waals surface area contributed by atoms with Crippen LogP contribution in [0, 0.1) is 5.82 Å². The molecule has 1 amide bonds. The van der Waals surface area contributed by atoms with E-state index in [1.807, 2.05) is 32.9 Å². The number of esters is 1. The van der Waals surface area contributed by atoms with Crippen LogP contribution in [0.3, 0.4) is 0 Å². The van der Waals surface area contributed by atoms with Crippen molar-refractivity contribution in [2.45, 2.75) is 71.3 Å². The number of carbonyl (C=O) groups excluding carboxylic acids is 2. The van der Waals surface area contributed by atoms with Crippen LogP contribution in [0.5, 0.6) is 0 Å². The van der Waals surface area contributed by atoms with Crippen molar-refractivity contribution in [3.8, 4) is 11.3 Å². The first-order valence-electron chi connectivity index (χ1n) is 11.6. The first kappa shape index (κ1) is 23.0. The van der Waals surface area contributed by atoms with E-state index in [1.54, 1.807) is 12.1 Å². The van der Waals surface area contributed by atoms with E-state index in [2.05, 4.69) is 10.3 Å². The van der Waals surface area contributed by atoms with Gasteiger partial charge in [-0.25, -0.2) is 9.18 Å². The summed E-state index contributed by atoms with van der Waals surface area (Å²) < 4.78 is 19.6. The Bertz CT molecular complexity index is 1200. The minimum Gasteiger partial charge on any atom is -0.456 e. The van der Waals surface area contributed by atoms with Crippen LogP contribution in [0.1, 0.15) is 81.6 Å². The molecule has 0 spiro atoms. The maximum atomic E-state index is 14.0. The highest BCUT2D eigenvalue weighted by molar-refractivity contribution is 6.00. The summed E-state index contributed by atoms with van der Waals surface area (Å²) >= 11 is 0. The van der Waals surface area contributed by atoms with E-state index in [1.165, 1.54) is 31.0 Å². The molecular weight excluding hydrogens is 419 g/mol. The van der Waals surface area contributed by atoms with Crippen LogP contribution in [0.25, 0.3) is 22.2 Å².